The van der Waals surface area contributed by atoms with E-state index in [-0.39, 0.29) is 0 Å². The summed E-state index contributed by atoms with van der Waals surface area (Å²) in [5, 5.41) is 1.09. The molecule has 0 radical (unpaired) electrons. The van der Waals surface area contributed by atoms with Crippen LogP contribution >= 0.6 is 0 Å². The maximum atomic E-state index is 11.2. The predicted molar refractivity (Wildman–Crippen MR) is 63.7 cm³/mol. The molecular weight excluding hydrogens is 200 g/mol. The molecule has 0 saturated carbocycles. The van der Waals surface area contributed by atoms with Crippen LogP contribution in [0.1, 0.15) is 16.1 Å². The number of aldehydes is 1. The molecule has 0 aliphatic carbocycles. The zero-order valence-corrected chi connectivity index (χ0v) is 9.31. The normalized spacial score (nSPS) is 16.3. The largest absolute Gasteiger partial charge is 0.341 e. The fraction of sp³-hybridized carbons (Fsp3) is 0.308. The number of fused-ring (bicyclic) bond motifs is 3. The third kappa shape index (κ3) is 1.21. The first kappa shape index (κ1) is 9.60. The number of rotatable bonds is 1. The number of hydrogen-bond donors (Lipinski definition) is 0. The molecule has 1 aliphatic rings. The Labute approximate surface area is 94.3 Å². The number of aromatic nitrogens is 1. The van der Waals surface area contributed by atoms with Gasteiger partial charge in [0.1, 0.15) is 0 Å². The van der Waals surface area contributed by atoms with Gasteiger partial charge in [0.05, 0.1) is 0 Å². The van der Waals surface area contributed by atoms with E-state index in [0.29, 0.717) is 0 Å². The number of hydrogen-bond acceptors (Lipinski definition) is 2. The summed E-state index contributed by atoms with van der Waals surface area (Å²) in [6, 6.07) is 8.15. The lowest BCUT2D eigenvalue weighted by Crippen LogP contribution is -2.30. The number of benzene rings is 1. The molecule has 1 aliphatic heterocycles. The topological polar surface area (TPSA) is 25.2 Å². The van der Waals surface area contributed by atoms with Gasteiger partial charge in [-0.05, 0) is 13.1 Å². The summed E-state index contributed by atoms with van der Waals surface area (Å²) >= 11 is 0. The molecule has 3 heteroatoms. The van der Waals surface area contributed by atoms with Crippen LogP contribution in [0.3, 0.4) is 0 Å². The average molecular weight is 214 g/mol. The number of carbonyl (C=O) groups is 1. The molecule has 0 unspecified atom stereocenters. The van der Waals surface area contributed by atoms with Crippen LogP contribution in [0, 0.1) is 0 Å². The summed E-state index contributed by atoms with van der Waals surface area (Å²) in [7, 11) is 2.09. The predicted octanol–water partition coefficient (Wildman–Crippen LogP) is 1.90. The van der Waals surface area contributed by atoms with Gasteiger partial charge in [-0.1, -0.05) is 18.2 Å². The van der Waals surface area contributed by atoms with Crippen molar-refractivity contribution in [3.05, 3.63) is 35.5 Å². The van der Waals surface area contributed by atoms with Gasteiger partial charge in [-0.3, -0.25) is 9.69 Å². The Hall–Kier alpha value is -1.61. The molecule has 2 aromatic rings. The fourth-order valence-electron chi connectivity index (χ4n) is 2.55. The monoisotopic (exact) mass is 214 g/mol. The van der Waals surface area contributed by atoms with Crippen molar-refractivity contribution in [1.82, 2.24) is 9.47 Å². The maximum Gasteiger partial charge on any atom is 0.152 e. The lowest BCUT2D eigenvalue weighted by atomic mass is 10.1. The van der Waals surface area contributed by atoms with Crippen LogP contribution in [0.4, 0.5) is 0 Å². The van der Waals surface area contributed by atoms with Crippen molar-refractivity contribution in [3.63, 3.8) is 0 Å². The zero-order valence-electron chi connectivity index (χ0n) is 9.31. The van der Waals surface area contributed by atoms with Crippen molar-refractivity contribution in [2.24, 2.45) is 0 Å². The molecule has 0 fully saturated rings. The first-order valence-electron chi connectivity index (χ1n) is 5.55. The Bertz CT molecular complexity index is 556. The molecule has 2 heterocycles. The Kier molecular flexibility index (Phi) is 2.07. The number of carbonyl (C=O) groups excluding carboxylic acids is 1. The second-order valence-electron chi connectivity index (χ2n) is 4.38. The van der Waals surface area contributed by atoms with Gasteiger partial charge in [-0.25, -0.2) is 0 Å². The minimum Gasteiger partial charge on any atom is -0.341 e. The molecule has 0 spiro atoms. The van der Waals surface area contributed by atoms with E-state index < -0.39 is 0 Å². The molecule has 3 rings (SSSR count). The molecule has 0 N–H and O–H groups in total. The molecule has 0 atom stereocenters. The van der Waals surface area contributed by atoms with Crippen LogP contribution in [0.5, 0.6) is 0 Å². The highest BCUT2D eigenvalue weighted by atomic mass is 16.1. The Morgan fingerprint density at radius 2 is 2.06 bits per heavy atom. The fourth-order valence-corrected chi connectivity index (χ4v) is 2.55. The van der Waals surface area contributed by atoms with Crippen LogP contribution in [0.15, 0.2) is 24.3 Å². The van der Waals surface area contributed by atoms with E-state index in [2.05, 4.69) is 22.6 Å². The first-order chi connectivity index (χ1) is 7.81. The molecular formula is C13H14N2O. The Morgan fingerprint density at radius 3 is 2.88 bits per heavy atom. The zero-order chi connectivity index (χ0) is 11.1. The van der Waals surface area contributed by atoms with Crippen LogP contribution in [0.2, 0.25) is 0 Å². The van der Waals surface area contributed by atoms with Gasteiger partial charge in [0, 0.05) is 41.8 Å². The van der Waals surface area contributed by atoms with Crippen LogP contribution < -0.4 is 0 Å². The van der Waals surface area contributed by atoms with E-state index in [4.69, 9.17) is 0 Å². The smallest absolute Gasteiger partial charge is 0.152 e. The Balaban J connectivity index is 2.35. The molecule has 1 aromatic heterocycles. The van der Waals surface area contributed by atoms with E-state index >= 15 is 0 Å². The molecule has 0 amide bonds. The molecule has 16 heavy (non-hydrogen) atoms. The van der Waals surface area contributed by atoms with Gasteiger partial charge < -0.3 is 4.57 Å². The van der Waals surface area contributed by atoms with Gasteiger partial charge in [0.2, 0.25) is 0 Å². The lowest BCUT2D eigenvalue weighted by molar-refractivity contribution is 0.112. The van der Waals surface area contributed by atoms with E-state index in [1.54, 1.807) is 0 Å². The average Bonchev–Trinajstić information content (AvgIpc) is 2.61. The lowest BCUT2D eigenvalue weighted by Gasteiger charge is -2.25. The number of para-hydroxylation sites is 1. The maximum absolute atomic E-state index is 11.2. The standard InChI is InChI=1S/C13H14N2O/c1-14-6-7-15-12-5-3-2-4-10(12)11(9-16)13(15)8-14/h2-5,9H,6-8H2,1H3. The van der Waals surface area contributed by atoms with E-state index in [1.807, 2.05) is 18.2 Å². The third-order valence-electron chi connectivity index (χ3n) is 3.36. The summed E-state index contributed by atoms with van der Waals surface area (Å²) in [5.41, 5.74) is 3.21. The van der Waals surface area contributed by atoms with Crippen LogP contribution in [0.25, 0.3) is 10.9 Å². The van der Waals surface area contributed by atoms with Crippen molar-refractivity contribution in [2.75, 3.05) is 13.6 Å². The van der Waals surface area contributed by atoms with Crippen molar-refractivity contribution < 1.29 is 4.79 Å². The van der Waals surface area contributed by atoms with Gasteiger partial charge in [-0.2, -0.15) is 0 Å². The van der Waals surface area contributed by atoms with Crippen LogP contribution in [-0.2, 0) is 13.1 Å². The Morgan fingerprint density at radius 1 is 1.25 bits per heavy atom. The minimum absolute atomic E-state index is 0.863. The molecule has 82 valence electrons. The molecule has 0 bridgehead atoms. The summed E-state index contributed by atoms with van der Waals surface area (Å²) in [6.07, 6.45) is 0.993. The molecule has 0 saturated heterocycles. The van der Waals surface area contributed by atoms with Gasteiger partial charge in [-0.15, -0.1) is 0 Å². The minimum atomic E-state index is 0.863. The van der Waals surface area contributed by atoms with Crippen LogP contribution in [-0.4, -0.2) is 29.3 Å². The summed E-state index contributed by atoms with van der Waals surface area (Å²) in [5.74, 6) is 0. The first-order valence-corrected chi connectivity index (χ1v) is 5.55. The van der Waals surface area contributed by atoms with Crippen molar-refractivity contribution in [3.8, 4) is 0 Å². The SMILES string of the molecule is CN1CCn2c(c(C=O)c3ccccc32)C1. The van der Waals surface area contributed by atoms with Crippen molar-refractivity contribution in [2.45, 2.75) is 13.1 Å². The van der Waals surface area contributed by atoms with Gasteiger partial charge in [0.25, 0.3) is 0 Å². The van der Waals surface area contributed by atoms with Gasteiger partial charge >= 0.3 is 0 Å². The quantitative estimate of drug-likeness (QED) is 0.677. The highest BCUT2D eigenvalue weighted by Crippen LogP contribution is 2.27. The highest BCUT2D eigenvalue weighted by molar-refractivity contribution is 5.99. The summed E-state index contributed by atoms with van der Waals surface area (Å²) in [4.78, 5) is 13.5. The summed E-state index contributed by atoms with van der Waals surface area (Å²) in [6.45, 7) is 2.88. The second-order valence-corrected chi connectivity index (χ2v) is 4.38. The van der Waals surface area contributed by atoms with Gasteiger partial charge in [0.15, 0.2) is 6.29 Å². The highest BCUT2D eigenvalue weighted by Gasteiger charge is 2.20. The van der Waals surface area contributed by atoms with Crippen molar-refractivity contribution in [1.29, 1.82) is 0 Å². The third-order valence-corrected chi connectivity index (χ3v) is 3.36. The van der Waals surface area contributed by atoms with Crippen molar-refractivity contribution >= 4 is 17.2 Å². The number of likely N-dealkylation sites (N-methyl/N-ethyl adjacent to an activating group) is 1. The summed E-state index contributed by atoms with van der Waals surface area (Å²) < 4.78 is 2.28. The molecule has 1 aromatic carbocycles. The molecule has 3 nitrogen and oxygen atoms in total. The van der Waals surface area contributed by atoms with E-state index in [9.17, 15) is 4.79 Å². The second kappa shape index (κ2) is 3.46. The van der Waals surface area contributed by atoms with E-state index in [1.165, 1.54) is 5.52 Å². The number of nitrogens with zero attached hydrogens (tertiary/aromatic N) is 2. The van der Waals surface area contributed by atoms with E-state index in [0.717, 1.165) is 42.6 Å².